The molecular weight excluding hydrogens is 789 g/mol. The first-order chi connectivity index (χ1) is 30.5. The minimum absolute atomic E-state index is 0.118. The lowest BCUT2D eigenvalue weighted by Crippen LogP contribution is -2.34. The van der Waals surface area contributed by atoms with Gasteiger partial charge in [0.2, 0.25) is 17.8 Å². The Morgan fingerprint density at radius 3 is 1.62 bits per heavy atom. The molecule has 2 aliphatic heterocycles. The minimum atomic E-state index is 0.118. The molecule has 6 heterocycles. The second-order valence-corrected chi connectivity index (χ2v) is 16.4. The number of anilines is 8. The summed E-state index contributed by atoms with van der Waals surface area (Å²) >= 11 is 0. The van der Waals surface area contributed by atoms with Crippen molar-refractivity contribution in [1.82, 2.24) is 49.7 Å². The van der Waals surface area contributed by atoms with Gasteiger partial charge in [0, 0.05) is 75.8 Å². The number of nitrogens with one attached hydrogen (secondary N) is 5. The monoisotopic (exact) mass is 840 g/mol. The van der Waals surface area contributed by atoms with E-state index in [-0.39, 0.29) is 5.91 Å². The fourth-order valence-electron chi connectivity index (χ4n) is 8.35. The van der Waals surface area contributed by atoms with Crippen LogP contribution >= 0.6 is 0 Å². The van der Waals surface area contributed by atoms with Crippen LogP contribution < -0.4 is 26.6 Å². The van der Waals surface area contributed by atoms with Gasteiger partial charge >= 0.3 is 0 Å². The molecule has 8 aromatic rings. The van der Waals surface area contributed by atoms with E-state index in [4.69, 9.17) is 9.97 Å². The number of hydrogen-bond donors (Lipinski definition) is 5. The number of hydrogen-bond acceptors (Lipinski definition) is 12. The number of para-hydroxylation sites is 2. The minimum Gasteiger partial charge on any atom is -0.338 e. The Balaban J connectivity index is 0.000000161. The molecule has 10 rings (SSSR count). The predicted molar refractivity (Wildman–Crippen MR) is 251 cm³/mol. The molecule has 2 aliphatic rings. The molecule has 5 N–H and O–H groups in total. The lowest BCUT2D eigenvalue weighted by atomic mass is 9.99. The van der Waals surface area contributed by atoms with E-state index in [1.807, 2.05) is 37.3 Å². The zero-order valence-electron chi connectivity index (χ0n) is 36.8. The normalized spacial score (nSPS) is 13.2. The number of fused-ring (bicyclic) bond motifs is 4. The molecule has 0 spiro atoms. The molecule has 0 atom stereocenters. The Morgan fingerprint density at radius 1 is 0.619 bits per heavy atom. The average Bonchev–Trinajstić information content (AvgIpc) is 3.76. The number of carbonyl (C=O) groups excluding carboxylic acids is 1. The third-order valence-corrected chi connectivity index (χ3v) is 11.9. The molecule has 0 radical (unpaired) electrons. The fraction of sp³-hybridized carbons (Fsp3) is 0.271. The molecule has 0 aliphatic carbocycles. The van der Waals surface area contributed by atoms with E-state index in [1.54, 1.807) is 22.5 Å². The number of rotatable bonds is 8. The highest BCUT2D eigenvalue weighted by molar-refractivity contribution is 5.91. The molecule has 0 saturated carbocycles. The lowest BCUT2D eigenvalue weighted by molar-refractivity contribution is -0.129. The van der Waals surface area contributed by atoms with Gasteiger partial charge in [-0.05, 0) is 116 Å². The van der Waals surface area contributed by atoms with Gasteiger partial charge in [-0.1, -0.05) is 48.5 Å². The summed E-state index contributed by atoms with van der Waals surface area (Å²) in [7, 11) is 3.79. The number of benzene rings is 4. The number of carbonyl (C=O) groups is 1. The van der Waals surface area contributed by atoms with Gasteiger partial charge in [-0.2, -0.15) is 20.2 Å². The summed E-state index contributed by atoms with van der Waals surface area (Å²) in [6, 6.07) is 25.1. The summed E-state index contributed by atoms with van der Waals surface area (Å²) in [6.07, 6.45) is 5.52. The van der Waals surface area contributed by atoms with Crippen LogP contribution in [0.15, 0.2) is 85.2 Å². The van der Waals surface area contributed by atoms with Gasteiger partial charge in [-0.15, -0.1) is 0 Å². The van der Waals surface area contributed by atoms with Crippen LogP contribution in [-0.2, 0) is 44.8 Å². The van der Waals surface area contributed by atoms with Gasteiger partial charge < -0.3 is 31.5 Å². The summed E-state index contributed by atoms with van der Waals surface area (Å²) in [5.74, 6) is 2.70. The molecule has 63 heavy (non-hydrogen) atoms. The molecule has 4 aromatic heterocycles. The van der Waals surface area contributed by atoms with Crippen molar-refractivity contribution in [2.75, 3.05) is 34.4 Å². The van der Waals surface area contributed by atoms with Gasteiger partial charge in [0.25, 0.3) is 0 Å². The number of aromatic nitrogens is 8. The smallest absolute Gasteiger partial charge is 0.229 e. The van der Waals surface area contributed by atoms with E-state index in [9.17, 15) is 4.79 Å². The van der Waals surface area contributed by atoms with Crippen molar-refractivity contribution in [3.63, 3.8) is 0 Å². The van der Waals surface area contributed by atoms with Crippen molar-refractivity contribution in [2.24, 2.45) is 14.1 Å². The van der Waals surface area contributed by atoms with Gasteiger partial charge in [-0.3, -0.25) is 4.79 Å². The maximum atomic E-state index is 11.7. The van der Waals surface area contributed by atoms with E-state index < -0.39 is 0 Å². The van der Waals surface area contributed by atoms with Crippen LogP contribution in [0.5, 0.6) is 0 Å². The van der Waals surface area contributed by atoms with Crippen molar-refractivity contribution >= 4 is 74.3 Å². The Labute approximate surface area is 366 Å². The molecular formula is C48H52N14O. The summed E-state index contributed by atoms with van der Waals surface area (Å²) in [6.45, 7) is 13.3. The highest BCUT2D eigenvalue weighted by atomic mass is 16.2. The van der Waals surface area contributed by atoms with Crippen molar-refractivity contribution in [3.05, 3.63) is 130 Å². The van der Waals surface area contributed by atoms with Crippen molar-refractivity contribution < 1.29 is 4.79 Å². The number of aryl methyl sites for hydroxylation is 6. The van der Waals surface area contributed by atoms with E-state index in [2.05, 4.69) is 135 Å². The van der Waals surface area contributed by atoms with Crippen LogP contribution in [0, 0.1) is 27.7 Å². The molecule has 0 saturated heterocycles. The second kappa shape index (κ2) is 17.2. The lowest BCUT2D eigenvalue weighted by Gasteiger charge is -2.28. The van der Waals surface area contributed by atoms with Crippen LogP contribution in [0.3, 0.4) is 0 Å². The van der Waals surface area contributed by atoms with Crippen molar-refractivity contribution in [1.29, 1.82) is 0 Å². The number of amides is 1. The maximum Gasteiger partial charge on any atom is 0.229 e. The van der Waals surface area contributed by atoms with E-state index in [0.29, 0.717) is 18.4 Å². The first kappa shape index (κ1) is 41.0. The van der Waals surface area contributed by atoms with Gasteiger partial charge in [0.05, 0.1) is 10.8 Å². The highest BCUT2D eigenvalue weighted by Crippen LogP contribution is 2.31. The SMILES string of the molecule is CC(=O)N1CCc2cc(Nc3ncc4c(Nc5c(C)cccc5C)nn(C)c4n3)ccc2C1.Cc1cccc(C)c1Nc1nn(C)c2nc(Nc3ccc4c(c3)CCNC4)ncc12. The molecule has 1 amide bonds. The Kier molecular flexibility index (Phi) is 11.2. The number of nitrogens with zero attached hydrogens (tertiary/aromatic N) is 9. The van der Waals surface area contributed by atoms with Crippen LogP contribution in [0.1, 0.15) is 51.4 Å². The summed E-state index contributed by atoms with van der Waals surface area (Å²) in [4.78, 5) is 32.1. The van der Waals surface area contributed by atoms with Crippen molar-refractivity contribution in [2.45, 2.75) is 60.5 Å². The van der Waals surface area contributed by atoms with E-state index in [0.717, 1.165) is 100 Å². The van der Waals surface area contributed by atoms with Crippen LogP contribution in [0.2, 0.25) is 0 Å². The van der Waals surface area contributed by atoms with Crippen molar-refractivity contribution in [3.8, 4) is 0 Å². The first-order valence-corrected chi connectivity index (χ1v) is 21.3. The molecule has 15 heteroatoms. The third kappa shape index (κ3) is 8.60. The molecule has 0 unspecified atom stereocenters. The third-order valence-electron chi connectivity index (χ3n) is 11.9. The Morgan fingerprint density at radius 2 is 1.11 bits per heavy atom. The van der Waals surface area contributed by atoms with Gasteiger partial charge in [-0.25, -0.2) is 19.3 Å². The standard InChI is InChI=1S/C25H27N7O.C23H25N7/c1-15-6-5-7-16(2)22(15)28-23-21-13-26-25(29-24(21)31(4)30-23)27-20-9-8-19-14-32(17(3)33)11-10-18(19)12-20;1-14-5-4-6-15(2)20(14)27-21-19-13-25-23(28-22(19)30(3)29-21)26-18-8-7-17-12-24-10-9-16(17)11-18/h5-9,12-13H,10-11,14H2,1-4H3,(H,28,30)(H,26,27,29);4-8,11,13,24H,9-10,12H2,1-3H3,(H,27,29)(H,25,26,28). The molecule has 320 valence electrons. The second-order valence-electron chi connectivity index (χ2n) is 16.4. The zero-order valence-corrected chi connectivity index (χ0v) is 36.8. The quantitative estimate of drug-likeness (QED) is 0.0992. The zero-order chi connectivity index (χ0) is 43.8. The molecule has 4 aromatic carbocycles. The van der Waals surface area contributed by atoms with Crippen LogP contribution in [0.25, 0.3) is 22.1 Å². The molecule has 15 nitrogen and oxygen atoms in total. The fourth-order valence-corrected chi connectivity index (χ4v) is 8.35. The first-order valence-electron chi connectivity index (χ1n) is 21.3. The highest BCUT2D eigenvalue weighted by Gasteiger charge is 2.20. The largest absolute Gasteiger partial charge is 0.338 e. The topological polar surface area (TPSA) is 168 Å². The summed E-state index contributed by atoms with van der Waals surface area (Å²) < 4.78 is 3.55. The summed E-state index contributed by atoms with van der Waals surface area (Å²) in [5.41, 5.74) is 15.4. The molecule has 0 bridgehead atoms. The Bertz CT molecular complexity index is 2980. The molecule has 0 fully saturated rings. The van der Waals surface area contributed by atoms with Gasteiger partial charge in [0.15, 0.2) is 22.9 Å². The predicted octanol–water partition coefficient (Wildman–Crippen LogP) is 8.48. The van der Waals surface area contributed by atoms with Crippen LogP contribution in [-0.4, -0.2) is 63.4 Å². The summed E-state index contributed by atoms with van der Waals surface area (Å²) in [5, 5.41) is 28.0. The van der Waals surface area contributed by atoms with E-state index in [1.165, 1.54) is 33.4 Å². The average molecular weight is 841 g/mol. The van der Waals surface area contributed by atoms with E-state index >= 15 is 0 Å². The van der Waals surface area contributed by atoms with Gasteiger partial charge in [0.1, 0.15) is 0 Å². The maximum absolute atomic E-state index is 11.7. The van der Waals surface area contributed by atoms with Crippen LogP contribution in [0.4, 0.5) is 46.3 Å². The Hall–Kier alpha value is -7.39.